The van der Waals surface area contributed by atoms with Crippen LogP contribution in [-0.2, 0) is 0 Å². The number of aliphatic hydroxyl groups is 2. The average molecular weight is 183 g/mol. The van der Waals surface area contributed by atoms with Crippen LogP contribution in [0, 0.1) is 0 Å². The normalized spacial score (nSPS) is 20.4. The molecule has 0 aliphatic heterocycles. The fourth-order valence-electron chi connectivity index (χ4n) is 0.643. The second-order valence-corrected chi connectivity index (χ2v) is 2.72. The molecule has 0 radical (unpaired) electrons. The second-order valence-electron chi connectivity index (χ2n) is 2.72. The Balaban J connectivity index is 0.000000310. The predicted octanol–water partition coefficient (Wildman–Crippen LogP) is 1.27. The molecule has 1 rings (SSSR count). The van der Waals surface area contributed by atoms with Crippen molar-refractivity contribution in [2.24, 2.45) is 5.73 Å². The van der Waals surface area contributed by atoms with Gasteiger partial charge in [0.15, 0.2) is 0 Å². The Labute approximate surface area is 78.9 Å². The van der Waals surface area contributed by atoms with E-state index in [1.54, 1.807) is 12.2 Å². The summed E-state index contributed by atoms with van der Waals surface area (Å²) in [6, 6.07) is 0. The first-order valence-corrected chi connectivity index (χ1v) is 4.27. The third-order valence-electron chi connectivity index (χ3n) is 1.50. The summed E-state index contributed by atoms with van der Waals surface area (Å²) in [5, 5.41) is 17.8. The van der Waals surface area contributed by atoms with Crippen LogP contribution in [0.2, 0.25) is 0 Å². The van der Waals surface area contributed by atoms with E-state index in [-0.39, 0.29) is 5.76 Å². The molecule has 0 saturated carbocycles. The van der Waals surface area contributed by atoms with Gasteiger partial charge in [0.05, 0.1) is 0 Å². The van der Waals surface area contributed by atoms with E-state index in [4.69, 9.17) is 15.9 Å². The zero-order chi connectivity index (χ0) is 10.3. The van der Waals surface area contributed by atoms with Crippen molar-refractivity contribution < 1.29 is 10.2 Å². The Kier molecular flexibility index (Phi) is 5.93. The van der Waals surface area contributed by atoms with Gasteiger partial charge in [0.2, 0.25) is 0 Å². The lowest BCUT2D eigenvalue weighted by Crippen LogP contribution is -2.13. The standard InChI is InChI=1S/C7H8O2.C3H9N/c1-5-3-2-4-6(8)7(5)9;1-2-3-4/h2-4,7-9H,1H2;2-4H2,1H3. The maximum atomic E-state index is 8.98. The molecule has 3 nitrogen and oxygen atoms in total. The third kappa shape index (κ3) is 4.50. The van der Waals surface area contributed by atoms with Crippen molar-refractivity contribution >= 4 is 0 Å². The van der Waals surface area contributed by atoms with Crippen molar-refractivity contribution in [1.29, 1.82) is 0 Å². The van der Waals surface area contributed by atoms with E-state index in [9.17, 15) is 0 Å². The summed E-state index contributed by atoms with van der Waals surface area (Å²) in [6.45, 7) is 6.38. The van der Waals surface area contributed by atoms with Crippen LogP contribution in [0.4, 0.5) is 0 Å². The summed E-state index contributed by atoms with van der Waals surface area (Å²) >= 11 is 0. The number of nitrogens with two attached hydrogens (primary N) is 1. The molecule has 0 heterocycles. The molecule has 0 bridgehead atoms. The quantitative estimate of drug-likeness (QED) is 0.573. The third-order valence-corrected chi connectivity index (χ3v) is 1.50. The van der Waals surface area contributed by atoms with Crippen LogP contribution in [-0.4, -0.2) is 22.9 Å². The maximum absolute atomic E-state index is 8.98. The van der Waals surface area contributed by atoms with Crippen LogP contribution in [0.15, 0.2) is 36.1 Å². The fourth-order valence-corrected chi connectivity index (χ4v) is 0.643. The maximum Gasteiger partial charge on any atom is 0.135 e. The Morgan fingerprint density at radius 1 is 1.62 bits per heavy atom. The monoisotopic (exact) mass is 183 g/mol. The lowest BCUT2D eigenvalue weighted by atomic mass is 10.1. The lowest BCUT2D eigenvalue weighted by Gasteiger charge is -2.11. The molecular weight excluding hydrogens is 166 g/mol. The molecule has 1 atom stereocenters. The number of hydrogen-bond acceptors (Lipinski definition) is 3. The molecule has 0 amide bonds. The van der Waals surface area contributed by atoms with Gasteiger partial charge < -0.3 is 15.9 Å². The molecule has 13 heavy (non-hydrogen) atoms. The molecule has 0 aromatic rings. The Bertz CT molecular complexity index is 217. The summed E-state index contributed by atoms with van der Waals surface area (Å²) < 4.78 is 0. The van der Waals surface area contributed by atoms with Crippen LogP contribution >= 0.6 is 0 Å². The smallest absolute Gasteiger partial charge is 0.135 e. The van der Waals surface area contributed by atoms with Crippen LogP contribution in [0.5, 0.6) is 0 Å². The molecule has 0 aromatic carbocycles. The first kappa shape index (κ1) is 11.9. The van der Waals surface area contributed by atoms with Gasteiger partial charge in [-0.25, -0.2) is 0 Å². The zero-order valence-corrected chi connectivity index (χ0v) is 7.90. The van der Waals surface area contributed by atoms with Gasteiger partial charge >= 0.3 is 0 Å². The minimum Gasteiger partial charge on any atom is -0.509 e. The summed E-state index contributed by atoms with van der Waals surface area (Å²) in [7, 11) is 0. The van der Waals surface area contributed by atoms with Gasteiger partial charge in [0, 0.05) is 0 Å². The zero-order valence-electron chi connectivity index (χ0n) is 7.90. The van der Waals surface area contributed by atoms with Crippen LogP contribution in [0.3, 0.4) is 0 Å². The van der Waals surface area contributed by atoms with Crippen LogP contribution in [0.25, 0.3) is 0 Å². The summed E-state index contributed by atoms with van der Waals surface area (Å²) in [5.41, 5.74) is 5.55. The van der Waals surface area contributed by atoms with E-state index in [1.165, 1.54) is 6.08 Å². The lowest BCUT2D eigenvalue weighted by molar-refractivity contribution is 0.185. The van der Waals surface area contributed by atoms with Gasteiger partial charge in [-0.2, -0.15) is 0 Å². The van der Waals surface area contributed by atoms with Crippen molar-refractivity contribution in [3.8, 4) is 0 Å². The highest BCUT2D eigenvalue weighted by Crippen LogP contribution is 2.13. The van der Waals surface area contributed by atoms with Gasteiger partial charge in [-0.05, 0) is 24.6 Å². The Hall–Kier alpha value is -1.06. The number of hydrogen-bond donors (Lipinski definition) is 3. The molecule has 1 unspecified atom stereocenters. The van der Waals surface area contributed by atoms with Gasteiger partial charge in [-0.1, -0.05) is 25.7 Å². The summed E-state index contributed by atoms with van der Waals surface area (Å²) in [5.74, 6) is -0.0394. The molecule has 4 N–H and O–H groups in total. The first-order valence-electron chi connectivity index (χ1n) is 4.27. The van der Waals surface area contributed by atoms with Gasteiger partial charge in [0.25, 0.3) is 0 Å². The van der Waals surface area contributed by atoms with Crippen molar-refractivity contribution in [3.63, 3.8) is 0 Å². The highest BCUT2D eigenvalue weighted by molar-refractivity contribution is 5.34. The van der Waals surface area contributed by atoms with Crippen LogP contribution in [0.1, 0.15) is 13.3 Å². The first-order chi connectivity index (χ1) is 6.13. The molecule has 0 saturated heterocycles. The Morgan fingerprint density at radius 3 is 2.46 bits per heavy atom. The minimum atomic E-state index is -0.894. The van der Waals surface area contributed by atoms with Crippen molar-refractivity contribution in [2.75, 3.05) is 6.54 Å². The topological polar surface area (TPSA) is 66.5 Å². The Morgan fingerprint density at radius 2 is 2.15 bits per heavy atom. The number of aliphatic hydroxyl groups excluding tert-OH is 2. The van der Waals surface area contributed by atoms with Gasteiger partial charge in [0.1, 0.15) is 11.9 Å². The average Bonchev–Trinajstić information content (AvgIpc) is 2.14. The fraction of sp³-hybridized carbons (Fsp3) is 0.400. The molecule has 0 spiro atoms. The highest BCUT2D eigenvalue weighted by atomic mass is 16.3. The highest BCUT2D eigenvalue weighted by Gasteiger charge is 2.12. The van der Waals surface area contributed by atoms with Crippen LogP contribution < -0.4 is 5.73 Å². The van der Waals surface area contributed by atoms with Gasteiger partial charge in [-0.15, -0.1) is 0 Å². The molecular formula is C10H17NO2. The van der Waals surface area contributed by atoms with E-state index in [2.05, 4.69) is 13.5 Å². The van der Waals surface area contributed by atoms with Crippen molar-refractivity contribution in [2.45, 2.75) is 19.4 Å². The van der Waals surface area contributed by atoms with E-state index < -0.39 is 6.10 Å². The SMILES string of the molecule is C=C1C=CC=C(O)C1O.CCCN. The molecule has 3 heteroatoms. The minimum absolute atomic E-state index is 0.0394. The molecule has 1 aliphatic rings. The number of rotatable bonds is 1. The summed E-state index contributed by atoms with van der Waals surface area (Å²) in [4.78, 5) is 0. The van der Waals surface area contributed by atoms with E-state index >= 15 is 0 Å². The largest absolute Gasteiger partial charge is 0.509 e. The summed E-state index contributed by atoms with van der Waals surface area (Å²) in [6.07, 6.45) is 4.95. The second kappa shape index (κ2) is 6.46. The van der Waals surface area contributed by atoms with E-state index in [1.807, 2.05) is 0 Å². The van der Waals surface area contributed by atoms with E-state index in [0.717, 1.165) is 13.0 Å². The predicted molar refractivity (Wildman–Crippen MR) is 54.3 cm³/mol. The molecule has 74 valence electrons. The van der Waals surface area contributed by atoms with E-state index in [0.29, 0.717) is 5.57 Å². The van der Waals surface area contributed by atoms with Crippen molar-refractivity contribution in [3.05, 3.63) is 36.1 Å². The number of allylic oxidation sites excluding steroid dienone is 2. The van der Waals surface area contributed by atoms with Gasteiger partial charge in [-0.3, -0.25) is 0 Å². The molecule has 1 aliphatic carbocycles. The van der Waals surface area contributed by atoms with Crippen molar-refractivity contribution in [1.82, 2.24) is 0 Å². The molecule has 0 aromatic heterocycles. The molecule has 0 fully saturated rings.